The minimum absolute atomic E-state index is 0.102. The molecule has 0 amide bonds. The van der Waals surface area contributed by atoms with Crippen molar-refractivity contribution in [2.24, 2.45) is 11.7 Å². The van der Waals surface area contributed by atoms with E-state index in [0.29, 0.717) is 24.1 Å². The van der Waals surface area contributed by atoms with Gasteiger partial charge in [0, 0.05) is 12.1 Å². The summed E-state index contributed by atoms with van der Waals surface area (Å²) in [6, 6.07) is 5.74. The molecule has 1 fully saturated rings. The molecule has 1 aromatic rings. The molecule has 0 saturated heterocycles. The fraction of sp³-hybridized carbons (Fsp3) is 0.600. The van der Waals surface area contributed by atoms with E-state index in [-0.39, 0.29) is 6.04 Å². The molecule has 3 atom stereocenters. The standard InChI is InChI=1S/C15H21F3N2/c1-10(20-14-7-3-5-12(14)9-19)11-4-2-6-13(8-11)15(16,17)18/h2,4,6,8,10,12,14,20H,3,5,7,9,19H2,1H3. The van der Waals surface area contributed by atoms with Crippen molar-refractivity contribution >= 4 is 0 Å². The number of rotatable bonds is 4. The number of nitrogens with one attached hydrogen (secondary N) is 1. The predicted molar refractivity (Wildman–Crippen MR) is 73.2 cm³/mol. The summed E-state index contributed by atoms with van der Waals surface area (Å²) in [5, 5.41) is 3.43. The molecule has 0 bridgehead atoms. The molecule has 1 aliphatic rings. The van der Waals surface area contributed by atoms with E-state index in [4.69, 9.17) is 5.73 Å². The Morgan fingerprint density at radius 1 is 1.35 bits per heavy atom. The Morgan fingerprint density at radius 3 is 2.75 bits per heavy atom. The molecule has 112 valence electrons. The van der Waals surface area contributed by atoms with E-state index < -0.39 is 11.7 Å². The number of nitrogens with two attached hydrogens (primary N) is 1. The SMILES string of the molecule is CC(NC1CCCC1CN)c1cccc(C(F)(F)F)c1. The highest BCUT2D eigenvalue weighted by Gasteiger charge is 2.31. The van der Waals surface area contributed by atoms with Crippen molar-refractivity contribution in [3.8, 4) is 0 Å². The number of alkyl halides is 3. The highest BCUT2D eigenvalue weighted by atomic mass is 19.4. The second-order valence-corrected chi connectivity index (χ2v) is 5.54. The van der Waals surface area contributed by atoms with Crippen LogP contribution in [0, 0.1) is 5.92 Å². The zero-order chi connectivity index (χ0) is 14.8. The van der Waals surface area contributed by atoms with Crippen LogP contribution in [0.4, 0.5) is 13.2 Å². The average molecular weight is 286 g/mol. The van der Waals surface area contributed by atoms with Crippen LogP contribution in [0.2, 0.25) is 0 Å². The van der Waals surface area contributed by atoms with Crippen molar-refractivity contribution in [3.63, 3.8) is 0 Å². The first-order chi connectivity index (χ1) is 9.41. The number of hydrogen-bond donors (Lipinski definition) is 2. The van der Waals surface area contributed by atoms with Gasteiger partial charge in [-0.25, -0.2) is 0 Å². The molecule has 3 unspecified atom stereocenters. The van der Waals surface area contributed by atoms with Gasteiger partial charge in [-0.1, -0.05) is 18.6 Å². The molecular formula is C15H21F3N2. The minimum Gasteiger partial charge on any atom is -0.330 e. The first-order valence-corrected chi connectivity index (χ1v) is 7.05. The summed E-state index contributed by atoms with van der Waals surface area (Å²) in [5.41, 5.74) is 5.81. The van der Waals surface area contributed by atoms with Crippen LogP contribution >= 0.6 is 0 Å². The third kappa shape index (κ3) is 3.52. The van der Waals surface area contributed by atoms with Gasteiger partial charge in [0.05, 0.1) is 5.56 Å². The molecule has 3 N–H and O–H groups in total. The van der Waals surface area contributed by atoms with E-state index >= 15 is 0 Å². The lowest BCUT2D eigenvalue weighted by molar-refractivity contribution is -0.137. The van der Waals surface area contributed by atoms with Crippen LogP contribution in [0.3, 0.4) is 0 Å². The monoisotopic (exact) mass is 286 g/mol. The normalized spacial score (nSPS) is 24.9. The topological polar surface area (TPSA) is 38.0 Å². The third-order valence-corrected chi connectivity index (χ3v) is 4.14. The Morgan fingerprint density at radius 2 is 2.10 bits per heavy atom. The maximum atomic E-state index is 12.7. The van der Waals surface area contributed by atoms with E-state index in [1.165, 1.54) is 12.1 Å². The van der Waals surface area contributed by atoms with Crippen molar-refractivity contribution in [1.29, 1.82) is 0 Å². The van der Waals surface area contributed by atoms with Gasteiger partial charge in [-0.2, -0.15) is 13.2 Å². The molecule has 0 heterocycles. The Kier molecular flexibility index (Phi) is 4.70. The molecule has 2 nitrogen and oxygen atoms in total. The predicted octanol–water partition coefficient (Wildman–Crippen LogP) is 3.48. The van der Waals surface area contributed by atoms with Gasteiger partial charge in [0.15, 0.2) is 0 Å². The second kappa shape index (κ2) is 6.14. The maximum Gasteiger partial charge on any atom is 0.416 e. The zero-order valence-electron chi connectivity index (χ0n) is 11.6. The van der Waals surface area contributed by atoms with Crippen LogP contribution in [0.1, 0.15) is 43.4 Å². The summed E-state index contributed by atoms with van der Waals surface area (Å²) in [4.78, 5) is 0. The van der Waals surface area contributed by atoms with Gasteiger partial charge in [-0.05, 0) is 49.9 Å². The lowest BCUT2D eigenvalue weighted by atomic mass is 10.00. The molecule has 1 aliphatic carbocycles. The number of halogens is 3. The quantitative estimate of drug-likeness (QED) is 0.889. The lowest BCUT2D eigenvalue weighted by Crippen LogP contribution is -2.37. The average Bonchev–Trinajstić information content (AvgIpc) is 2.85. The Bertz CT molecular complexity index is 445. The van der Waals surface area contributed by atoms with E-state index in [9.17, 15) is 13.2 Å². The van der Waals surface area contributed by atoms with Crippen LogP contribution < -0.4 is 11.1 Å². The summed E-state index contributed by atoms with van der Waals surface area (Å²) in [7, 11) is 0. The van der Waals surface area contributed by atoms with Crippen LogP contribution in [0.25, 0.3) is 0 Å². The summed E-state index contributed by atoms with van der Waals surface area (Å²) in [6.07, 6.45) is -1.01. The lowest BCUT2D eigenvalue weighted by Gasteiger charge is -2.25. The van der Waals surface area contributed by atoms with Crippen LogP contribution in [-0.2, 0) is 6.18 Å². The minimum atomic E-state index is -4.29. The van der Waals surface area contributed by atoms with Gasteiger partial charge in [-0.3, -0.25) is 0 Å². The molecule has 5 heteroatoms. The summed E-state index contributed by atoms with van der Waals surface area (Å²) < 4.78 is 38.1. The smallest absolute Gasteiger partial charge is 0.330 e. The molecule has 0 aromatic heterocycles. The van der Waals surface area contributed by atoms with Crippen molar-refractivity contribution in [1.82, 2.24) is 5.32 Å². The Hall–Kier alpha value is -1.07. The second-order valence-electron chi connectivity index (χ2n) is 5.54. The highest BCUT2D eigenvalue weighted by Crippen LogP contribution is 2.32. The van der Waals surface area contributed by atoms with E-state index in [0.717, 1.165) is 25.3 Å². The highest BCUT2D eigenvalue weighted by molar-refractivity contribution is 5.27. The Balaban J connectivity index is 2.07. The first-order valence-electron chi connectivity index (χ1n) is 7.05. The Labute approximate surface area is 117 Å². The van der Waals surface area contributed by atoms with E-state index in [1.807, 2.05) is 6.92 Å². The molecule has 1 aromatic carbocycles. The van der Waals surface area contributed by atoms with Gasteiger partial charge >= 0.3 is 6.18 Å². The van der Waals surface area contributed by atoms with Crippen molar-refractivity contribution in [2.75, 3.05) is 6.54 Å². The van der Waals surface area contributed by atoms with Gasteiger partial charge in [0.25, 0.3) is 0 Å². The molecule has 20 heavy (non-hydrogen) atoms. The van der Waals surface area contributed by atoms with Crippen molar-refractivity contribution < 1.29 is 13.2 Å². The van der Waals surface area contributed by atoms with Crippen LogP contribution in [0.15, 0.2) is 24.3 Å². The van der Waals surface area contributed by atoms with Gasteiger partial charge in [-0.15, -0.1) is 0 Å². The molecule has 0 spiro atoms. The van der Waals surface area contributed by atoms with Crippen LogP contribution in [-0.4, -0.2) is 12.6 Å². The third-order valence-electron chi connectivity index (χ3n) is 4.14. The van der Waals surface area contributed by atoms with Crippen molar-refractivity contribution in [3.05, 3.63) is 35.4 Å². The summed E-state index contributed by atoms with van der Waals surface area (Å²) in [5.74, 6) is 0.434. The first kappa shape index (κ1) is 15.3. The summed E-state index contributed by atoms with van der Waals surface area (Å²) >= 11 is 0. The van der Waals surface area contributed by atoms with Gasteiger partial charge < -0.3 is 11.1 Å². The number of hydrogen-bond acceptors (Lipinski definition) is 2. The summed E-state index contributed by atoms with van der Waals surface area (Å²) in [6.45, 7) is 2.54. The molecule has 0 aliphatic heterocycles. The van der Waals surface area contributed by atoms with Crippen LogP contribution in [0.5, 0.6) is 0 Å². The molecule has 1 saturated carbocycles. The van der Waals surface area contributed by atoms with Gasteiger partial charge in [0.1, 0.15) is 0 Å². The maximum absolute atomic E-state index is 12.7. The fourth-order valence-corrected chi connectivity index (χ4v) is 2.94. The fourth-order valence-electron chi connectivity index (χ4n) is 2.94. The largest absolute Gasteiger partial charge is 0.416 e. The molecule has 0 radical (unpaired) electrons. The number of benzene rings is 1. The van der Waals surface area contributed by atoms with E-state index in [1.54, 1.807) is 6.07 Å². The van der Waals surface area contributed by atoms with Gasteiger partial charge in [0.2, 0.25) is 0 Å². The zero-order valence-corrected chi connectivity index (χ0v) is 11.6. The molecule has 2 rings (SSSR count). The van der Waals surface area contributed by atoms with Crippen molar-refractivity contribution in [2.45, 2.75) is 44.4 Å². The van der Waals surface area contributed by atoms with E-state index in [2.05, 4.69) is 5.32 Å². The molecular weight excluding hydrogens is 265 g/mol.